The summed E-state index contributed by atoms with van der Waals surface area (Å²) < 4.78 is 9.83. The molecule has 0 atom stereocenters. The first-order chi connectivity index (χ1) is 16.1. The van der Waals surface area contributed by atoms with E-state index in [-0.39, 0.29) is 12.2 Å². The molecular formula is C23H15N5O3S2. The van der Waals surface area contributed by atoms with E-state index in [1.807, 2.05) is 42.5 Å². The van der Waals surface area contributed by atoms with Crippen molar-refractivity contribution in [3.05, 3.63) is 81.7 Å². The van der Waals surface area contributed by atoms with E-state index in [2.05, 4.69) is 15.2 Å². The molecule has 0 N–H and O–H groups in total. The maximum Gasteiger partial charge on any atom is 0.348 e. The summed E-state index contributed by atoms with van der Waals surface area (Å²) in [5, 5.41) is 9.70. The Morgan fingerprint density at radius 3 is 2.70 bits per heavy atom. The van der Waals surface area contributed by atoms with Gasteiger partial charge in [-0.05, 0) is 36.4 Å². The Hall–Kier alpha value is -3.89. The molecule has 162 valence electrons. The van der Waals surface area contributed by atoms with Crippen LogP contribution in [0.1, 0.15) is 15.5 Å². The zero-order valence-electron chi connectivity index (χ0n) is 17.3. The number of thiophene rings is 1. The lowest BCUT2D eigenvalue weighted by molar-refractivity contribution is 0.0467. The third kappa shape index (κ3) is 3.22. The molecule has 0 radical (unpaired) electrons. The number of para-hydroxylation sites is 2. The number of ether oxygens (including phenoxy) is 1. The van der Waals surface area contributed by atoms with Gasteiger partial charge in [0.15, 0.2) is 12.4 Å². The molecule has 2 aromatic carbocycles. The smallest absolute Gasteiger partial charge is 0.348 e. The van der Waals surface area contributed by atoms with E-state index >= 15 is 0 Å². The van der Waals surface area contributed by atoms with Gasteiger partial charge in [0.1, 0.15) is 9.88 Å². The van der Waals surface area contributed by atoms with E-state index in [1.54, 1.807) is 41.0 Å². The topological polar surface area (TPSA) is 91.4 Å². The Morgan fingerprint density at radius 1 is 1.00 bits per heavy atom. The highest BCUT2D eigenvalue weighted by atomic mass is 32.1. The summed E-state index contributed by atoms with van der Waals surface area (Å²) in [5.41, 5.74) is 1.45. The number of rotatable bonds is 4. The Labute approximate surface area is 194 Å². The summed E-state index contributed by atoms with van der Waals surface area (Å²) in [4.78, 5) is 31.4. The molecule has 0 amide bonds. The third-order valence-corrected chi connectivity index (χ3v) is 7.61. The number of benzene rings is 2. The summed E-state index contributed by atoms with van der Waals surface area (Å²) in [6.07, 6.45) is 0. The molecule has 10 heteroatoms. The maximum absolute atomic E-state index is 12.7. The van der Waals surface area contributed by atoms with E-state index in [4.69, 9.17) is 4.74 Å². The van der Waals surface area contributed by atoms with Crippen LogP contribution in [0.5, 0.6) is 0 Å². The van der Waals surface area contributed by atoms with Crippen LogP contribution in [0.15, 0.2) is 65.5 Å². The third-order valence-electron chi connectivity index (χ3n) is 5.34. The molecule has 0 saturated heterocycles. The fourth-order valence-corrected chi connectivity index (χ4v) is 5.65. The van der Waals surface area contributed by atoms with Crippen molar-refractivity contribution < 1.29 is 9.53 Å². The zero-order valence-corrected chi connectivity index (χ0v) is 18.9. The van der Waals surface area contributed by atoms with Crippen LogP contribution in [0.25, 0.3) is 36.8 Å². The summed E-state index contributed by atoms with van der Waals surface area (Å²) in [6, 6.07) is 18.8. The van der Waals surface area contributed by atoms with Crippen molar-refractivity contribution in [3.63, 3.8) is 0 Å². The van der Waals surface area contributed by atoms with Crippen LogP contribution in [-0.2, 0) is 18.4 Å². The number of fused-ring (bicyclic) bond motifs is 4. The van der Waals surface area contributed by atoms with Crippen molar-refractivity contribution in [3.8, 4) is 9.88 Å². The van der Waals surface area contributed by atoms with Gasteiger partial charge < -0.3 is 4.74 Å². The van der Waals surface area contributed by atoms with Gasteiger partial charge in [0.05, 0.1) is 26.0 Å². The highest BCUT2D eigenvalue weighted by Gasteiger charge is 2.18. The lowest BCUT2D eigenvalue weighted by Crippen LogP contribution is -2.20. The number of hydrogen-bond donors (Lipinski definition) is 0. The summed E-state index contributed by atoms with van der Waals surface area (Å²) in [6.45, 7) is -0.0728. The van der Waals surface area contributed by atoms with Crippen LogP contribution in [0.4, 0.5) is 0 Å². The molecule has 6 aromatic rings. The Balaban J connectivity index is 1.28. The van der Waals surface area contributed by atoms with E-state index in [0.717, 1.165) is 20.1 Å². The number of aryl methyl sites for hydroxylation is 1. The number of carbonyl (C=O) groups excluding carboxylic acids is 1. The van der Waals surface area contributed by atoms with Crippen LogP contribution in [0.3, 0.4) is 0 Å². The minimum absolute atomic E-state index is 0.0728. The molecule has 0 aliphatic heterocycles. The Morgan fingerprint density at radius 2 is 1.82 bits per heavy atom. The largest absolute Gasteiger partial charge is 0.453 e. The van der Waals surface area contributed by atoms with Crippen LogP contribution < -0.4 is 5.56 Å². The fourth-order valence-electron chi connectivity index (χ4n) is 3.73. The number of nitrogens with zero attached hydrogens (tertiary/aromatic N) is 5. The second-order valence-corrected chi connectivity index (χ2v) is 9.47. The van der Waals surface area contributed by atoms with Crippen molar-refractivity contribution in [2.75, 3.05) is 0 Å². The van der Waals surface area contributed by atoms with Gasteiger partial charge in [-0.15, -0.1) is 32.9 Å². The number of hydrogen-bond acceptors (Lipinski definition) is 8. The van der Waals surface area contributed by atoms with Gasteiger partial charge in [-0.25, -0.2) is 9.78 Å². The first-order valence-electron chi connectivity index (χ1n) is 10.0. The second kappa shape index (κ2) is 7.61. The summed E-state index contributed by atoms with van der Waals surface area (Å²) in [5.74, 6) is 0.380. The van der Waals surface area contributed by atoms with E-state index in [0.29, 0.717) is 27.4 Å². The SMILES string of the molecule is Cn1c(=O)c2ccccc2n2c(COC(=O)c3ccc(-c4nc5ccccc5s4)s3)nnc12. The van der Waals surface area contributed by atoms with Gasteiger partial charge in [0.2, 0.25) is 5.78 Å². The molecule has 33 heavy (non-hydrogen) atoms. The monoisotopic (exact) mass is 473 g/mol. The van der Waals surface area contributed by atoms with Crippen molar-refractivity contribution >= 4 is 55.5 Å². The van der Waals surface area contributed by atoms with Gasteiger partial charge >= 0.3 is 5.97 Å². The van der Waals surface area contributed by atoms with Crippen molar-refractivity contribution in [2.45, 2.75) is 6.61 Å². The van der Waals surface area contributed by atoms with Crippen molar-refractivity contribution in [1.82, 2.24) is 24.1 Å². The molecule has 0 fully saturated rings. The molecule has 0 saturated carbocycles. The predicted molar refractivity (Wildman–Crippen MR) is 128 cm³/mol. The van der Waals surface area contributed by atoms with Gasteiger partial charge in [0.25, 0.3) is 5.56 Å². The molecular weight excluding hydrogens is 458 g/mol. The molecule has 4 aromatic heterocycles. The minimum atomic E-state index is -0.446. The van der Waals surface area contributed by atoms with E-state index in [1.165, 1.54) is 15.9 Å². The van der Waals surface area contributed by atoms with Gasteiger partial charge in [-0.3, -0.25) is 13.8 Å². The van der Waals surface area contributed by atoms with Gasteiger partial charge in [0, 0.05) is 7.05 Å². The van der Waals surface area contributed by atoms with Crippen molar-refractivity contribution in [2.24, 2.45) is 7.05 Å². The molecule has 6 rings (SSSR count). The van der Waals surface area contributed by atoms with Crippen LogP contribution in [-0.4, -0.2) is 30.1 Å². The molecule has 0 spiro atoms. The lowest BCUT2D eigenvalue weighted by Gasteiger charge is -2.08. The molecule has 0 bridgehead atoms. The number of aromatic nitrogens is 5. The molecule has 0 aliphatic carbocycles. The average Bonchev–Trinajstić information content (AvgIpc) is 3.58. The van der Waals surface area contributed by atoms with Crippen LogP contribution in [0, 0.1) is 0 Å². The molecule has 8 nitrogen and oxygen atoms in total. The number of carbonyl (C=O) groups is 1. The standard InChI is InChI=1S/C23H15N5O3S2/c1-27-21(29)13-6-2-4-8-15(13)28-19(25-26-23(27)28)12-31-22(30)18-11-10-17(32-18)20-24-14-7-3-5-9-16(14)33-20/h2-11H,12H2,1H3. The highest BCUT2D eigenvalue weighted by molar-refractivity contribution is 7.26. The Bertz CT molecular complexity index is 1710. The normalized spacial score (nSPS) is 11.5. The molecule has 0 aliphatic rings. The first-order valence-corrected chi connectivity index (χ1v) is 11.7. The average molecular weight is 474 g/mol. The summed E-state index contributed by atoms with van der Waals surface area (Å²) in [7, 11) is 1.64. The summed E-state index contributed by atoms with van der Waals surface area (Å²) >= 11 is 2.93. The fraction of sp³-hybridized carbons (Fsp3) is 0.0870. The zero-order chi connectivity index (χ0) is 22.5. The minimum Gasteiger partial charge on any atom is -0.453 e. The Kier molecular flexibility index (Phi) is 4.56. The predicted octanol–water partition coefficient (Wildman–Crippen LogP) is 4.28. The van der Waals surface area contributed by atoms with Gasteiger partial charge in [-0.1, -0.05) is 24.3 Å². The molecule has 0 unspecified atom stereocenters. The van der Waals surface area contributed by atoms with Crippen LogP contribution >= 0.6 is 22.7 Å². The van der Waals surface area contributed by atoms with Gasteiger partial charge in [-0.2, -0.15) is 0 Å². The first kappa shape index (κ1) is 19.8. The second-order valence-electron chi connectivity index (χ2n) is 7.36. The quantitative estimate of drug-likeness (QED) is 0.355. The van der Waals surface area contributed by atoms with Crippen LogP contribution in [0.2, 0.25) is 0 Å². The number of esters is 1. The highest BCUT2D eigenvalue weighted by Crippen LogP contribution is 2.34. The molecule has 4 heterocycles. The maximum atomic E-state index is 12.7. The van der Waals surface area contributed by atoms with E-state index < -0.39 is 5.97 Å². The number of thiazole rings is 1. The van der Waals surface area contributed by atoms with Crippen molar-refractivity contribution in [1.29, 1.82) is 0 Å². The van der Waals surface area contributed by atoms with E-state index in [9.17, 15) is 9.59 Å². The lowest BCUT2D eigenvalue weighted by atomic mass is 10.2.